The lowest BCUT2D eigenvalue weighted by Crippen LogP contribution is -2.41. The Balaban J connectivity index is 1.28. The highest BCUT2D eigenvalue weighted by Gasteiger charge is 2.36. The molecule has 0 bridgehead atoms. The fourth-order valence-corrected chi connectivity index (χ4v) is 7.30. The maximum Gasteiger partial charge on any atom is 0.328 e. The van der Waals surface area contributed by atoms with Gasteiger partial charge in [0.05, 0.1) is 29.9 Å². The second kappa shape index (κ2) is 18.3. The smallest absolute Gasteiger partial charge is 0.328 e. The van der Waals surface area contributed by atoms with E-state index in [4.69, 9.17) is 4.74 Å². The Morgan fingerprint density at radius 3 is 1.51 bits per heavy atom. The first-order valence-electron chi connectivity index (χ1n) is 18.7. The number of pyridine rings is 4. The summed E-state index contributed by atoms with van der Waals surface area (Å²) in [5, 5.41) is 0. The third-order valence-corrected chi connectivity index (χ3v) is 9.77. The predicted molar refractivity (Wildman–Crippen MR) is 211 cm³/mol. The topological polar surface area (TPSA) is 105 Å². The molecule has 5 heterocycles. The molecule has 10 heteroatoms. The molecule has 0 unspecified atom stereocenters. The van der Waals surface area contributed by atoms with Crippen LogP contribution in [0.5, 0.6) is 0 Å². The van der Waals surface area contributed by atoms with Crippen molar-refractivity contribution in [3.63, 3.8) is 0 Å². The van der Waals surface area contributed by atoms with Gasteiger partial charge in [-0.1, -0.05) is 48.5 Å². The van der Waals surface area contributed by atoms with E-state index in [1.165, 1.54) is 7.11 Å². The standard InChI is InChI=1S/C45H45N7O3/c1-55-45(54)43-19-12-24-52(43)44(53)42-18-3-2-17-41(42)36-26-34(28-50(30-37-13-4-8-20-46-37)31-38-14-5-9-21-47-38)25-35(27-36)29-51(32-39-15-6-10-22-48-39)33-40-16-7-11-23-49-40/h2-11,13-18,20-23,25-27,43H,12,19,24,28-33H2,1H3/t43-/m0/s1. The molecular weight excluding hydrogens is 687 g/mol. The van der Waals surface area contributed by atoms with Gasteiger partial charge in [-0.15, -0.1) is 0 Å². The van der Waals surface area contributed by atoms with E-state index in [9.17, 15) is 9.59 Å². The zero-order valence-corrected chi connectivity index (χ0v) is 31.1. The van der Waals surface area contributed by atoms with Gasteiger partial charge in [-0.3, -0.25) is 34.5 Å². The van der Waals surface area contributed by atoms with E-state index in [1.807, 2.05) is 122 Å². The average Bonchev–Trinajstić information content (AvgIpc) is 3.72. The molecule has 0 radical (unpaired) electrons. The third-order valence-electron chi connectivity index (χ3n) is 9.77. The van der Waals surface area contributed by atoms with E-state index >= 15 is 0 Å². The summed E-state index contributed by atoms with van der Waals surface area (Å²) in [6, 6.07) is 37.7. The normalized spacial score (nSPS) is 14.0. The van der Waals surface area contributed by atoms with Gasteiger partial charge in [-0.2, -0.15) is 0 Å². The largest absolute Gasteiger partial charge is 0.467 e. The Bertz CT molecular complexity index is 1960. The highest BCUT2D eigenvalue weighted by atomic mass is 16.5. The Labute approximate surface area is 322 Å². The Kier molecular flexibility index (Phi) is 12.4. The maximum atomic E-state index is 14.3. The van der Waals surface area contributed by atoms with Crippen LogP contribution < -0.4 is 0 Å². The van der Waals surface area contributed by atoms with E-state index in [0.29, 0.717) is 57.8 Å². The number of esters is 1. The number of carbonyl (C=O) groups is 2. The molecule has 1 fully saturated rings. The fourth-order valence-electron chi connectivity index (χ4n) is 7.30. The van der Waals surface area contributed by atoms with Gasteiger partial charge < -0.3 is 9.64 Å². The second-order valence-electron chi connectivity index (χ2n) is 13.8. The van der Waals surface area contributed by atoms with E-state index in [2.05, 4.69) is 47.9 Å². The second-order valence-corrected chi connectivity index (χ2v) is 13.8. The number of likely N-dealkylation sites (tertiary alicyclic amines) is 1. The Hall–Kier alpha value is -6.10. The van der Waals surface area contributed by atoms with Crippen molar-refractivity contribution in [2.75, 3.05) is 13.7 Å². The minimum Gasteiger partial charge on any atom is -0.467 e. The molecule has 1 saturated heterocycles. The van der Waals surface area contributed by atoms with Gasteiger partial charge in [0.15, 0.2) is 0 Å². The van der Waals surface area contributed by atoms with Crippen LogP contribution in [0.4, 0.5) is 0 Å². The number of hydrogen-bond acceptors (Lipinski definition) is 9. The molecule has 0 spiro atoms. The lowest BCUT2D eigenvalue weighted by Gasteiger charge is -2.26. The van der Waals surface area contributed by atoms with Crippen molar-refractivity contribution in [2.45, 2.75) is 58.2 Å². The summed E-state index contributed by atoms with van der Waals surface area (Å²) in [7, 11) is 1.38. The molecule has 10 nitrogen and oxygen atoms in total. The molecule has 278 valence electrons. The van der Waals surface area contributed by atoms with Gasteiger partial charge in [0.1, 0.15) is 6.04 Å². The number of aromatic nitrogens is 4. The Morgan fingerprint density at radius 1 is 0.618 bits per heavy atom. The van der Waals surface area contributed by atoms with Crippen LogP contribution in [0.15, 0.2) is 140 Å². The highest BCUT2D eigenvalue weighted by molar-refractivity contribution is 6.02. The Morgan fingerprint density at radius 2 is 1.07 bits per heavy atom. The first-order chi connectivity index (χ1) is 27.0. The first kappa shape index (κ1) is 37.2. The van der Waals surface area contributed by atoms with Gasteiger partial charge in [0, 0.05) is 76.2 Å². The number of ether oxygens (including phenoxy) is 1. The van der Waals surface area contributed by atoms with Gasteiger partial charge in [0.2, 0.25) is 0 Å². The zero-order valence-electron chi connectivity index (χ0n) is 31.1. The lowest BCUT2D eigenvalue weighted by molar-refractivity contribution is -0.145. The number of benzene rings is 2. The number of rotatable bonds is 15. The molecular formula is C45H45N7O3. The quantitative estimate of drug-likeness (QED) is 0.102. The van der Waals surface area contributed by atoms with Gasteiger partial charge in [0.25, 0.3) is 5.91 Å². The van der Waals surface area contributed by atoms with Gasteiger partial charge in [-0.05, 0) is 102 Å². The minimum atomic E-state index is -0.592. The summed E-state index contributed by atoms with van der Waals surface area (Å²) in [6.07, 6.45) is 8.63. The number of amides is 1. The molecule has 0 saturated carbocycles. The molecule has 4 aromatic heterocycles. The van der Waals surface area contributed by atoms with Crippen LogP contribution in [0.25, 0.3) is 11.1 Å². The van der Waals surface area contributed by atoms with Crippen LogP contribution in [0, 0.1) is 0 Å². The highest BCUT2D eigenvalue weighted by Crippen LogP contribution is 2.31. The summed E-state index contributed by atoms with van der Waals surface area (Å²) in [5.41, 5.74) is 8.34. The van der Waals surface area contributed by atoms with Crippen molar-refractivity contribution in [3.05, 3.63) is 180 Å². The van der Waals surface area contributed by atoms with Crippen molar-refractivity contribution in [1.29, 1.82) is 0 Å². The summed E-state index contributed by atoms with van der Waals surface area (Å²) in [5.74, 6) is -0.552. The van der Waals surface area contributed by atoms with Crippen LogP contribution in [-0.2, 0) is 48.8 Å². The number of carbonyl (C=O) groups excluding carboxylic acids is 2. The van der Waals surface area contributed by atoms with Crippen molar-refractivity contribution in [2.24, 2.45) is 0 Å². The first-order valence-corrected chi connectivity index (χ1v) is 18.7. The minimum absolute atomic E-state index is 0.172. The van der Waals surface area contributed by atoms with E-state index in [0.717, 1.165) is 51.5 Å². The zero-order chi connectivity index (χ0) is 37.8. The molecule has 6 aromatic rings. The van der Waals surface area contributed by atoms with Crippen LogP contribution >= 0.6 is 0 Å². The molecule has 0 aliphatic carbocycles. The van der Waals surface area contributed by atoms with Crippen LogP contribution in [-0.4, -0.2) is 66.2 Å². The lowest BCUT2D eigenvalue weighted by atomic mass is 9.94. The van der Waals surface area contributed by atoms with Crippen LogP contribution in [0.2, 0.25) is 0 Å². The van der Waals surface area contributed by atoms with E-state index < -0.39 is 6.04 Å². The van der Waals surface area contributed by atoms with Gasteiger partial charge in [-0.25, -0.2) is 4.79 Å². The molecule has 1 atom stereocenters. The van der Waals surface area contributed by atoms with Crippen molar-refractivity contribution < 1.29 is 14.3 Å². The van der Waals surface area contributed by atoms with E-state index in [1.54, 1.807) is 4.90 Å². The molecule has 2 aromatic carbocycles. The monoisotopic (exact) mass is 731 g/mol. The SMILES string of the molecule is COC(=O)[C@@H]1CCCN1C(=O)c1ccccc1-c1cc(CN(Cc2ccccn2)Cc2ccccn2)cc(CN(Cc2ccccn2)Cc2ccccn2)c1. The molecule has 1 amide bonds. The predicted octanol–water partition coefficient (Wildman–Crippen LogP) is 7.12. The van der Waals surface area contributed by atoms with Crippen molar-refractivity contribution >= 4 is 11.9 Å². The summed E-state index contributed by atoms with van der Waals surface area (Å²) in [4.78, 5) is 51.9. The molecule has 1 aliphatic rings. The average molecular weight is 732 g/mol. The number of nitrogens with zero attached hydrogens (tertiary/aromatic N) is 7. The number of hydrogen-bond donors (Lipinski definition) is 0. The van der Waals surface area contributed by atoms with Crippen molar-refractivity contribution in [3.8, 4) is 11.1 Å². The van der Waals surface area contributed by atoms with Crippen LogP contribution in [0.3, 0.4) is 0 Å². The van der Waals surface area contributed by atoms with Crippen molar-refractivity contribution in [1.82, 2.24) is 34.6 Å². The third kappa shape index (κ3) is 9.91. The summed E-state index contributed by atoms with van der Waals surface area (Å²) >= 11 is 0. The summed E-state index contributed by atoms with van der Waals surface area (Å²) in [6.45, 7) is 4.23. The summed E-state index contributed by atoms with van der Waals surface area (Å²) < 4.78 is 5.08. The fraction of sp³-hybridized carbons (Fsp3) is 0.244. The van der Waals surface area contributed by atoms with E-state index in [-0.39, 0.29) is 11.9 Å². The molecule has 55 heavy (non-hydrogen) atoms. The number of methoxy groups -OCH3 is 1. The molecule has 1 aliphatic heterocycles. The molecule has 7 rings (SSSR count). The molecule has 0 N–H and O–H groups in total. The van der Waals surface area contributed by atoms with Gasteiger partial charge >= 0.3 is 5.97 Å². The van der Waals surface area contributed by atoms with Crippen LogP contribution in [0.1, 0.15) is 57.1 Å². The maximum absolute atomic E-state index is 14.3.